The molecular formula is C23H27O+. The van der Waals surface area contributed by atoms with E-state index in [1.165, 1.54) is 44.3 Å². The predicted molar refractivity (Wildman–Crippen MR) is 104 cm³/mol. The molecule has 0 spiro atoms. The highest BCUT2D eigenvalue weighted by molar-refractivity contribution is 5.84. The summed E-state index contributed by atoms with van der Waals surface area (Å²) < 4.78 is 6.40. The fraction of sp³-hybridized carbons (Fsp3) is 0.348. The highest BCUT2D eigenvalue weighted by atomic mass is 16.3. The molecule has 0 bridgehead atoms. The molecule has 1 heterocycles. The number of rotatable bonds is 3. The minimum absolute atomic E-state index is 0.990. The lowest BCUT2D eigenvalue weighted by atomic mass is 9.95. The Morgan fingerprint density at radius 2 is 1.46 bits per heavy atom. The van der Waals surface area contributed by atoms with Gasteiger partial charge in [0.15, 0.2) is 0 Å². The maximum atomic E-state index is 6.40. The normalized spacial score (nSPS) is 11.2. The van der Waals surface area contributed by atoms with E-state index in [1.54, 1.807) is 0 Å². The molecule has 1 nitrogen and oxygen atoms in total. The van der Waals surface area contributed by atoms with E-state index in [-0.39, 0.29) is 0 Å². The van der Waals surface area contributed by atoms with Crippen LogP contribution < -0.4 is 0 Å². The van der Waals surface area contributed by atoms with Crippen molar-refractivity contribution in [2.24, 2.45) is 0 Å². The Kier molecular flexibility index (Phi) is 4.45. The van der Waals surface area contributed by atoms with Crippen LogP contribution in [0, 0.1) is 27.7 Å². The third kappa shape index (κ3) is 2.84. The summed E-state index contributed by atoms with van der Waals surface area (Å²) in [5.41, 5.74) is 10.1. The standard InChI is InChI=1S/C23H27O/c1-7-18-13-20(11-15(4)17(18)6)23-16(5)12-21-19(8-2)9-14(3)10-22(21)24-23/h9-13H,7-8H2,1-6H3/q+1. The first-order valence-corrected chi connectivity index (χ1v) is 8.92. The van der Waals surface area contributed by atoms with Crippen molar-refractivity contribution < 1.29 is 4.42 Å². The lowest BCUT2D eigenvalue weighted by Crippen LogP contribution is -1.95. The summed E-state index contributed by atoms with van der Waals surface area (Å²) >= 11 is 0. The molecule has 1 aromatic heterocycles. The summed E-state index contributed by atoms with van der Waals surface area (Å²) in [7, 11) is 0. The third-order valence-corrected chi connectivity index (χ3v) is 5.10. The molecule has 0 atom stereocenters. The maximum absolute atomic E-state index is 6.40. The van der Waals surface area contributed by atoms with Crippen LogP contribution in [0.2, 0.25) is 0 Å². The zero-order valence-electron chi connectivity index (χ0n) is 15.7. The summed E-state index contributed by atoms with van der Waals surface area (Å²) in [6.07, 6.45) is 2.07. The van der Waals surface area contributed by atoms with Crippen LogP contribution in [0.15, 0.2) is 34.7 Å². The molecule has 0 aliphatic carbocycles. The van der Waals surface area contributed by atoms with Crippen molar-refractivity contribution in [2.75, 3.05) is 0 Å². The van der Waals surface area contributed by atoms with E-state index in [9.17, 15) is 0 Å². The Morgan fingerprint density at radius 3 is 2.12 bits per heavy atom. The summed E-state index contributed by atoms with van der Waals surface area (Å²) in [5, 5.41) is 1.24. The van der Waals surface area contributed by atoms with Crippen LogP contribution >= 0.6 is 0 Å². The van der Waals surface area contributed by atoms with E-state index in [4.69, 9.17) is 4.42 Å². The second-order valence-corrected chi connectivity index (χ2v) is 6.88. The molecule has 0 radical (unpaired) electrons. The van der Waals surface area contributed by atoms with E-state index >= 15 is 0 Å². The topological polar surface area (TPSA) is 11.3 Å². The van der Waals surface area contributed by atoms with Gasteiger partial charge in [-0.25, -0.2) is 4.42 Å². The lowest BCUT2D eigenvalue weighted by molar-refractivity contribution is 0.614. The predicted octanol–water partition coefficient (Wildman–Crippen LogP) is 6.74. The van der Waals surface area contributed by atoms with Crippen LogP contribution in [0.5, 0.6) is 0 Å². The summed E-state index contributed by atoms with van der Waals surface area (Å²) in [5.74, 6) is 0.993. The van der Waals surface area contributed by atoms with E-state index < -0.39 is 0 Å². The molecule has 0 aliphatic heterocycles. The highest BCUT2D eigenvalue weighted by Gasteiger charge is 2.22. The molecule has 0 fully saturated rings. The van der Waals surface area contributed by atoms with Crippen molar-refractivity contribution in [3.63, 3.8) is 0 Å². The van der Waals surface area contributed by atoms with Crippen molar-refractivity contribution in [1.29, 1.82) is 0 Å². The van der Waals surface area contributed by atoms with E-state index in [1.807, 2.05) is 0 Å². The molecule has 0 amide bonds. The third-order valence-electron chi connectivity index (χ3n) is 5.10. The molecule has 1 heteroatoms. The minimum atomic E-state index is 0.990. The van der Waals surface area contributed by atoms with Crippen LogP contribution in [0.3, 0.4) is 0 Å². The number of hydrogen-bond donors (Lipinski definition) is 0. The molecule has 3 rings (SSSR count). The number of benzene rings is 2. The van der Waals surface area contributed by atoms with Crippen molar-refractivity contribution in [1.82, 2.24) is 0 Å². The quantitative estimate of drug-likeness (QED) is 0.486. The van der Waals surface area contributed by atoms with E-state index in [0.29, 0.717) is 0 Å². The SMILES string of the molecule is CCc1cc(-c2[o+]c3cc(C)cc(CC)c3cc2C)cc(C)c1C. The number of hydrogen-bond acceptors (Lipinski definition) is 0. The molecule has 0 N–H and O–H groups in total. The van der Waals surface area contributed by atoms with Gasteiger partial charge in [0.25, 0.3) is 0 Å². The van der Waals surface area contributed by atoms with E-state index in [0.717, 1.165) is 24.2 Å². The first-order chi connectivity index (χ1) is 11.4. The van der Waals surface area contributed by atoms with Crippen LogP contribution in [-0.2, 0) is 12.8 Å². The second kappa shape index (κ2) is 6.39. The van der Waals surface area contributed by atoms with Gasteiger partial charge in [0, 0.05) is 6.07 Å². The Balaban J connectivity index is 2.27. The molecule has 0 aliphatic rings. The van der Waals surface area contributed by atoms with Gasteiger partial charge < -0.3 is 0 Å². The first kappa shape index (κ1) is 16.7. The Morgan fingerprint density at radius 1 is 0.750 bits per heavy atom. The molecule has 0 saturated heterocycles. The number of aryl methyl sites for hydroxylation is 5. The minimum Gasteiger partial charge on any atom is -0.207 e. The average molecular weight is 319 g/mol. The van der Waals surface area contributed by atoms with Gasteiger partial charge in [0.1, 0.15) is 0 Å². The Bertz CT molecular complexity index is 919. The van der Waals surface area contributed by atoms with Crippen LogP contribution in [0.4, 0.5) is 0 Å². The molecule has 3 aromatic rings. The molecule has 24 heavy (non-hydrogen) atoms. The van der Waals surface area contributed by atoms with Gasteiger partial charge in [-0.15, -0.1) is 0 Å². The van der Waals surface area contributed by atoms with Gasteiger partial charge in [-0.3, -0.25) is 0 Å². The molecule has 2 aromatic carbocycles. The van der Waals surface area contributed by atoms with Gasteiger partial charge in [-0.2, -0.15) is 0 Å². The van der Waals surface area contributed by atoms with Crippen molar-refractivity contribution >= 4 is 11.0 Å². The van der Waals surface area contributed by atoms with Crippen LogP contribution in [-0.4, -0.2) is 0 Å². The van der Waals surface area contributed by atoms with Gasteiger partial charge in [-0.05, 0) is 86.6 Å². The van der Waals surface area contributed by atoms with Crippen molar-refractivity contribution in [2.45, 2.75) is 54.4 Å². The first-order valence-electron chi connectivity index (χ1n) is 8.92. The lowest BCUT2D eigenvalue weighted by Gasteiger charge is -2.09. The fourth-order valence-corrected chi connectivity index (χ4v) is 3.57. The van der Waals surface area contributed by atoms with Gasteiger partial charge >= 0.3 is 11.3 Å². The van der Waals surface area contributed by atoms with Crippen LogP contribution in [0.25, 0.3) is 22.3 Å². The molecular weight excluding hydrogens is 292 g/mol. The zero-order chi connectivity index (χ0) is 17.4. The summed E-state index contributed by atoms with van der Waals surface area (Å²) in [4.78, 5) is 0. The van der Waals surface area contributed by atoms with Crippen molar-refractivity contribution in [3.8, 4) is 11.3 Å². The molecule has 124 valence electrons. The monoisotopic (exact) mass is 319 g/mol. The maximum Gasteiger partial charge on any atom is 0.363 e. The van der Waals surface area contributed by atoms with Gasteiger partial charge in [-0.1, -0.05) is 19.9 Å². The van der Waals surface area contributed by atoms with Crippen molar-refractivity contribution in [3.05, 3.63) is 63.7 Å². The van der Waals surface area contributed by atoms with Gasteiger partial charge in [0.2, 0.25) is 0 Å². The number of fused-ring (bicyclic) bond motifs is 1. The highest BCUT2D eigenvalue weighted by Crippen LogP contribution is 2.33. The largest absolute Gasteiger partial charge is 0.363 e. The summed E-state index contributed by atoms with van der Waals surface area (Å²) in [6, 6.07) is 11.2. The molecule has 0 unspecified atom stereocenters. The average Bonchev–Trinajstić information content (AvgIpc) is 2.56. The summed E-state index contributed by atoms with van der Waals surface area (Å²) in [6.45, 7) is 13.1. The fourth-order valence-electron chi connectivity index (χ4n) is 3.57. The second-order valence-electron chi connectivity index (χ2n) is 6.88. The van der Waals surface area contributed by atoms with Gasteiger partial charge in [0.05, 0.1) is 16.5 Å². The molecule has 0 saturated carbocycles. The zero-order valence-corrected chi connectivity index (χ0v) is 15.7. The van der Waals surface area contributed by atoms with Crippen LogP contribution in [0.1, 0.15) is 47.2 Å². The smallest absolute Gasteiger partial charge is 0.207 e. The Hall–Kier alpha value is -2.15. The Labute approximate surface area is 145 Å². The van der Waals surface area contributed by atoms with E-state index in [2.05, 4.69) is 71.9 Å².